The Kier molecular flexibility index (Phi) is 4.34. The number of carbonyl (C=O) groups is 1. The summed E-state index contributed by atoms with van der Waals surface area (Å²) in [5.74, 6) is -1.61. The van der Waals surface area contributed by atoms with E-state index in [1.165, 1.54) is 12.3 Å². The number of carbonyl (C=O) groups excluding carboxylic acids is 1. The zero-order chi connectivity index (χ0) is 14.7. The number of rotatable bonds is 3. The molecule has 4 nitrogen and oxygen atoms in total. The molecule has 1 aromatic carbocycles. The van der Waals surface area contributed by atoms with Crippen LogP contribution in [0.25, 0.3) is 0 Å². The second-order valence-electron chi connectivity index (χ2n) is 4.31. The van der Waals surface area contributed by atoms with Crippen molar-refractivity contribution in [3.8, 4) is 0 Å². The van der Waals surface area contributed by atoms with Gasteiger partial charge in [0.15, 0.2) is 11.6 Å². The lowest BCUT2D eigenvalue weighted by atomic mass is 10.1. The zero-order valence-corrected chi connectivity index (χ0v) is 12.3. The third-order valence-corrected chi connectivity index (χ3v) is 3.35. The van der Waals surface area contributed by atoms with Crippen LogP contribution in [-0.4, -0.2) is 10.9 Å². The van der Waals surface area contributed by atoms with Gasteiger partial charge >= 0.3 is 0 Å². The molecule has 2 rings (SSSR count). The van der Waals surface area contributed by atoms with E-state index in [0.717, 1.165) is 10.0 Å². The van der Waals surface area contributed by atoms with Gasteiger partial charge in [-0.25, -0.2) is 9.37 Å². The van der Waals surface area contributed by atoms with Gasteiger partial charge in [-0.1, -0.05) is 28.1 Å². The monoisotopic (exact) mass is 337 g/mol. The third-order valence-electron chi connectivity index (χ3n) is 2.86. The van der Waals surface area contributed by atoms with E-state index in [-0.39, 0.29) is 17.4 Å². The first-order chi connectivity index (χ1) is 9.49. The van der Waals surface area contributed by atoms with Crippen molar-refractivity contribution >= 4 is 27.7 Å². The summed E-state index contributed by atoms with van der Waals surface area (Å²) in [5, 5.41) is 2.72. The molecule has 1 aromatic heterocycles. The molecule has 1 amide bonds. The van der Waals surface area contributed by atoms with E-state index in [1.807, 2.05) is 31.2 Å². The van der Waals surface area contributed by atoms with E-state index in [2.05, 4.69) is 26.2 Å². The van der Waals surface area contributed by atoms with E-state index < -0.39 is 11.7 Å². The van der Waals surface area contributed by atoms with E-state index in [1.54, 1.807) is 0 Å². The number of nitrogen functional groups attached to an aromatic ring is 1. The first kappa shape index (κ1) is 14.5. The Labute approximate surface area is 124 Å². The molecule has 2 aromatic rings. The highest BCUT2D eigenvalue weighted by Crippen LogP contribution is 2.19. The minimum Gasteiger partial charge on any atom is -0.381 e. The maximum atomic E-state index is 13.7. The van der Waals surface area contributed by atoms with Crippen molar-refractivity contribution in [2.24, 2.45) is 0 Å². The molecular weight excluding hydrogens is 325 g/mol. The number of nitrogens with zero attached hydrogens (tertiary/aromatic N) is 1. The molecule has 0 aliphatic rings. The Morgan fingerprint density at radius 1 is 1.45 bits per heavy atom. The number of benzene rings is 1. The van der Waals surface area contributed by atoms with Crippen LogP contribution >= 0.6 is 15.9 Å². The Balaban J connectivity index is 2.17. The molecule has 0 fully saturated rings. The first-order valence-electron chi connectivity index (χ1n) is 5.95. The standard InChI is InChI=1S/C14H13BrFN3O/c1-8(9-3-2-4-10(15)7-9)19-14(20)11-5-6-18-13(17)12(11)16/h2-8H,1H3,(H2,17,18)(H,19,20). The summed E-state index contributed by atoms with van der Waals surface area (Å²) in [6.45, 7) is 1.82. The van der Waals surface area contributed by atoms with Crippen LogP contribution < -0.4 is 11.1 Å². The number of hydrogen-bond donors (Lipinski definition) is 2. The van der Waals surface area contributed by atoms with Crippen LogP contribution in [0.5, 0.6) is 0 Å². The minimum absolute atomic E-state index is 0.112. The molecule has 0 spiro atoms. The summed E-state index contributed by atoms with van der Waals surface area (Å²) in [5.41, 5.74) is 6.15. The summed E-state index contributed by atoms with van der Waals surface area (Å²) >= 11 is 3.37. The van der Waals surface area contributed by atoms with Crippen molar-refractivity contribution in [3.63, 3.8) is 0 Å². The Bertz CT molecular complexity index is 648. The van der Waals surface area contributed by atoms with E-state index in [0.29, 0.717) is 0 Å². The normalized spacial score (nSPS) is 11.9. The van der Waals surface area contributed by atoms with Crippen LogP contribution in [0, 0.1) is 5.82 Å². The zero-order valence-electron chi connectivity index (χ0n) is 10.7. The lowest BCUT2D eigenvalue weighted by Crippen LogP contribution is -2.27. The van der Waals surface area contributed by atoms with Gasteiger partial charge in [-0.3, -0.25) is 4.79 Å². The van der Waals surface area contributed by atoms with Crippen molar-refractivity contribution in [2.75, 3.05) is 5.73 Å². The highest BCUT2D eigenvalue weighted by molar-refractivity contribution is 9.10. The summed E-state index contributed by atoms with van der Waals surface area (Å²) in [6, 6.07) is 8.58. The smallest absolute Gasteiger partial charge is 0.254 e. The fourth-order valence-corrected chi connectivity index (χ4v) is 2.19. The third kappa shape index (κ3) is 3.14. The van der Waals surface area contributed by atoms with Crippen molar-refractivity contribution < 1.29 is 9.18 Å². The number of halogens is 2. The molecule has 0 saturated heterocycles. The molecule has 0 bridgehead atoms. The van der Waals surface area contributed by atoms with Gasteiger partial charge in [0.05, 0.1) is 11.6 Å². The van der Waals surface area contributed by atoms with Gasteiger partial charge in [0, 0.05) is 10.7 Å². The maximum Gasteiger partial charge on any atom is 0.254 e. The average molecular weight is 338 g/mol. The van der Waals surface area contributed by atoms with Gasteiger partial charge in [0.1, 0.15) is 0 Å². The molecule has 3 N–H and O–H groups in total. The van der Waals surface area contributed by atoms with Crippen LogP contribution in [-0.2, 0) is 0 Å². The lowest BCUT2D eigenvalue weighted by Gasteiger charge is -2.15. The van der Waals surface area contributed by atoms with Gasteiger partial charge in [0.25, 0.3) is 5.91 Å². The molecule has 1 atom stereocenters. The Morgan fingerprint density at radius 2 is 2.20 bits per heavy atom. The molecule has 1 unspecified atom stereocenters. The molecule has 0 radical (unpaired) electrons. The van der Waals surface area contributed by atoms with Crippen molar-refractivity contribution in [1.82, 2.24) is 10.3 Å². The predicted octanol–water partition coefficient (Wildman–Crippen LogP) is 3.06. The van der Waals surface area contributed by atoms with Crippen LogP contribution in [0.15, 0.2) is 41.0 Å². The predicted molar refractivity (Wildman–Crippen MR) is 78.6 cm³/mol. The van der Waals surface area contributed by atoms with Gasteiger partial charge < -0.3 is 11.1 Å². The number of aromatic nitrogens is 1. The second kappa shape index (κ2) is 6.00. The van der Waals surface area contributed by atoms with Crippen molar-refractivity contribution in [1.29, 1.82) is 0 Å². The Hall–Kier alpha value is -1.95. The largest absolute Gasteiger partial charge is 0.381 e. The number of nitrogens with one attached hydrogen (secondary N) is 1. The van der Waals surface area contributed by atoms with Crippen molar-refractivity contribution in [3.05, 3.63) is 57.9 Å². The van der Waals surface area contributed by atoms with Crippen LogP contribution in [0.1, 0.15) is 28.9 Å². The van der Waals surface area contributed by atoms with Gasteiger partial charge in [-0.15, -0.1) is 0 Å². The first-order valence-corrected chi connectivity index (χ1v) is 6.74. The van der Waals surface area contributed by atoms with Crippen LogP contribution in [0.4, 0.5) is 10.2 Å². The summed E-state index contributed by atoms with van der Waals surface area (Å²) in [4.78, 5) is 15.6. The van der Waals surface area contributed by atoms with Crippen molar-refractivity contribution in [2.45, 2.75) is 13.0 Å². The van der Waals surface area contributed by atoms with Crippen LogP contribution in [0.3, 0.4) is 0 Å². The van der Waals surface area contributed by atoms with Gasteiger partial charge in [-0.2, -0.15) is 0 Å². The molecule has 1 heterocycles. The summed E-state index contributed by atoms with van der Waals surface area (Å²) in [6.07, 6.45) is 1.30. The fraction of sp³-hybridized carbons (Fsp3) is 0.143. The quantitative estimate of drug-likeness (QED) is 0.904. The number of pyridine rings is 1. The van der Waals surface area contributed by atoms with E-state index >= 15 is 0 Å². The SMILES string of the molecule is CC(NC(=O)c1ccnc(N)c1F)c1cccc(Br)c1. The van der Waals surface area contributed by atoms with E-state index in [9.17, 15) is 9.18 Å². The topological polar surface area (TPSA) is 68.0 Å². The fourth-order valence-electron chi connectivity index (χ4n) is 1.77. The molecule has 0 saturated carbocycles. The molecule has 0 aliphatic heterocycles. The average Bonchev–Trinajstić information content (AvgIpc) is 2.41. The molecular formula is C14H13BrFN3O. The summed E-state index contributed by atoms with van der Waals surface area (Å²) in [7, 11) is 0. The number of nitrogens with two attached hydrogens (primary N) is 1. The highest BCUT2D eigenvalue weighted by Gasteiger charge is 2.17. The number of anilines is 1. The molecule has 0 aliphatic carbocycles. The highest BCUT2D eigenvalue weighted by atomic mass is 79.9. The molecule has 20 heavy (non-hydrogen) atoms. The van der Waals surface area contributed by atoms with E-state index in [4.69, 9.17) is 5.73 Å². The molecule has 104 valence electrons. The second-order valence-corrected chi connectivity index (χ2v) is 5.22. The molecule has 6 heteroatoms. The summed E-state index contributed by atoms with van der Waals surface area (Å²) < 4.78 is 14.6. The minimum atomic E-state index is -0.800. The lowest BCUT2D eigenvalue weighted by molar-refractivity contribution is 0.0935. The Morgan fingerprint density at radius 3 is 2.90 bits per heavy atom. The number of hydrogen-bond acceptors (Lipinski definition) is 3. The van der Waals surface area contributed by atoms with Gasteiger partial charge in [-0.05, 0) is 30.7 Å². The maximum absolute atomic E-state index is 13.7. The number of amides is 1. The van der Waals surface area contributed by atoms with Crippen LogP contribution in [0.2, 0.25) is 0 Å². The van der Waals surface area contributed by atoms with Gasteiger partial charge in [0.2, 0.25) is 0 Å².